The molecule has 2 rings (SSSR count). The molecule has 0 saturated carbocycles. The van der Waals surface area contributed by atoms with Crippen LogP contribution in [-0.4, -0.2) is 29.8 Å². The third-order valence-corrected chi connectivity index (χ3v) is 4.41. The zero-order chi connectivity index (χ0) is 17.3. The zero-order valence-electron chi connectivity index (χ0n) is 12.4. The van der Waals surface area contributed by atoms with Crippen LogP contribution in [0, 0.1) is 5.82 Å². The van der Waals surface area contributed by atoms with E-state index in [1.807, 2.05) is 0 Å². The Bertz CT molecular complexity index is 608. The molecule has 0 bridgehead atoms. The summed E-state index contributed by atoms with van der Waals surface area (Å²) in [6.07, 6.45) is -6.20. The first-order chi connectivity index (χ1) is 10.6. The van der Waals surface area contributed by atoms with Crippen LogP contribution in [0.15, 0.2) is 23.2 Å². The third-order valence-electron chi connectivity index (χ3n) is 3.61. The monoisotopic (exact) mass is 351 g/mol. The number of amidine groups is 1. The predicted octanol–water partition coefficient (Wildman–Crippen LogP) is 3.02. The van der Waals surface area contributed by atoms with E-state index >= 15 is 0 Å². The van der Waals surface area contributed by atoms with Crippen molar-refractivity contribution in [3.8, 4) is 0 Å². The van der Waals surface area contributed by atoms with Gasteiger partial charge in [0.2, 0.25) is 0 Å². The number of nitrogens with zero attached hydrogens (tertiary/aromatic N) is 1. The Labute approximate surface area is 135 Å². The molecule has 0 saturated heterocycles. The van der Waals surface area contributed by atoms with Gasteiger partial charge >= 0.3 is 6.18 Å². The molecule has 4 N–H and O–H groups in total. The van der Waals surface area contributed by atoms with Crippen molar-refractivity contribution in [2.45, 2.75) is 31.2 Å². The summed E-state index contributed by atoms with van der Waals surface area (Å²) in [5.74, 6) is -0.112. The van der Waals surface area contributed by atoms with Gasteiger partial charge in [0.25, 0.3) is 0 Å². The second-order valence-corrected chi connectivity index (χ2v) is 6.43. The number of nitrogen functional groups attached to an aromatic ring is 1. The Hall–Kier alpha value is -1.48. The summed E-state index contributed by atoms with van der Waals surface area (Å²) < 4.78 is 57.2. The van der Waals surface area contributed by atoms with E-state index in [2.05, 4.69) is 4.99 Å². The van der Waals surface area contributed by atoms with E-state index in [9.17, 15) is 17.6 Å². The van der Waals surface area contributed by atoms with Crippen molar-refractivity contribution >= 4 is 22.6 Å². The molecule has 128 valence electrons. The highest BCUT2D eigenvalue weighted by molar-refractivity contribution is 8.13. The van der Waals surface area contributed by atoms with E-state index in [-0.39, 0.29) is 16.4 Å². The Morgan fingerprint density at radius 3 is 2.70 bits per heavy atom. The number of ether oxygens (including phenoxy) is 1. The number of aliphatic imine (C=N–C) groups is 1. The van der Waals surface area contributed by atoms with Gasteiger partial charge in [0.15, 0.2) is 11.3 Å². The molecular weight excluding hydrogens is 334 g/mol. The fourth-order valence-electron chi connectivity index (χ4n) is 2.26. The average molecular weight is 351 g/mol. The van der Waals surface area contributed by atoms with Gasteiger partial charge in [-0.15, -0.1) is 0 Å². The smallest absolute Gasteiger partial charge is 0.399 e. The lowest BCUT2D eigenvalue weighted by Gasteiger charge is -2.35. The van der Waals surface area contributed by atoms with Crippen LogP contribution < -0.4 is 11.5 Å². The van der Waals surface area contributed by atoms with Crippen LogP contribution in [0.1, 0.15) is 18.9 Å². The second kappa shape index (κ2) is 6.56. The van der Waals surface area contributed by atoms with E-state index in [4.69, 9.17) is 16.2 Å². The molecule has 0 fully saturated rings. The molecule has 4 nitrogen and oxygen atoms in total. The summed E-state index contributed by atoms with van der Waals surface area (Å²) >= 11 is 1.26. The molecule has 2 atom stereocenters. The maximum atomic E-state index is 14.2. The Morgan fingerprint density at radius 1 is 1.39 bits per heavy atom. The molecule has 0 aromatic heterocycles. The van der Waals surface area contributed by atoms with Crippen molar-refractivity contribution in [2.75, 3.05) is 18.1 Å². The van der Waals surface area contributed by atoms with Crippen LogP contribution in [0.4, 0.5) is 23.2 Å². The van der Waals surface area contributed by atoms with Gasteiger partial charge in [-0.1, -0.05) is 11.8 Å². The van der Waals surface area contributed by atoms with Gasteiger partial charge < -0.3 is 16.2 Å². The Kier molecular flexibility index (Phi) is 5.10. The molecule has 0 radical (unpaired) electrons. The van der Waals surface area contributed by atoms with Crippen LogP contribution in [0.5, 0.6) is 0 Å². The average Bonchev–Trinajstić information content (AvgIpc) is 2.46. The number of anilines is 1. The van der Waals surface area contributed by atoms with Gasteiger partial charge in [0.05, 0.1) is 6.61 Å². The van der Waals surface area contributed by atoms with Crippen molar-refractivity contribution in [1.29, 1.82) is 0 Å². The predicted molar refractivity (Wildman–Crippen MR) is 82.7 cm³/mol. The largest absolute Gasteiger partial charge is 0.414 e. The number of thioether (sulfide) groups is 1. The van der Waals surface area contributed by atoms with E-state index in [0.29, 0.717) is 12.2 Å². The van der Waals surface area contributed by atoms with Gasteiger partial charge in [0.1, 0.15) is 11.4 Å². The number of hydrogen-bond donors (Lipinski definition) is 2. The summed E-state index contributed by atoms with van der Waals surface area (Å²) in [6.45, 7) is 0.462. The lowest BCUT2D eigenvalue weighted by atomic mass is 9.87. The van der Waals surface area contributed by atoms with Crippen molar-refractivity contribution in [1.82, 2.24) is 0 Å². The number of benzene rings is 1. The van der Waals surface area contributed by atoms with Gasteiger partial charge in [-0.3, -0.25) is 0 Å². The topological polar surface area (TPSA) is 73.6 Å². The number of hydrogen-bond acceptors (Lipinski definition) is 5. The van der Waals surface area contributed by atoms with Gasteiger partial charge in [-0.05, 0) is 31.5 Å². The lowest BCUT2D eigenvalue weighted by molar-refractivity contribution is -0.218. The molecule has 0 unspecified atom stereocenters. The van der Waals surface area contributed by atoms with E-state index in [1.165, 1.54) is 23.9 Å². The molecule has 1 aromatic rings. The second-order valence-electron chi connectivity index (χ2n) is 5.31. The number of rotatable bonds is 4. The summed E-state index contributed by atoms with van der Waals surface area (Å²) in [4.78, 5) is 4.21. The standard InChI is InChI=1S/C14H17F4N3OS/c1-8(14(16,17)18)22-7-13(4-5-23-12(20)21-13)10-6-9(19)2-3-11(10)15/h2-3,6,8H,4-5,7,19H2,1H3,(H2,20,21)/t8-,13+/m0/s1. The molecular formula is C14H17F4N3OS. The van der Waals surface area contributed by atoms with Crippen LogP contribution in [0.3, 0.4) is 0 Å². The van der Waals surface area contributed by atoms with E-state index < -0.39 is 30.2 Å². The van der Waals surface area contributed by atoms with Crippen LogP contribution in [0.2, 0.25) is 0 Å². The molecule has 1 aromatic carbocycles. The third kappa shape index (κ3) is 4.08. The number of halogens is 4. The van der Waals surface area contributed by atoms with Crippen LogP contribution in [-0.2, 0) is 10.3 Å². The Morgan fingerprint density at radius 2 is 2.09 bits per heavy atom. The normalized spacial score (nSPS) is 23.4. The van der Waals surface area contributed by atoms with Crippen molar-refractivity contribution in [3.63, 3.8) is 0 Å². The molecule has 1 aliphatic rings. The molecule has 9 heteroatoms. The summed E-state index contributed by atoms with van der Waals surface area (Å²) in [7, 11) is 0. The summed E-state index contributed by atoms with van der Waals surface area (Å²) in [5.41, 5.74) is 10.5. The van der Waals surface area contributed by atoms with E-state index in [0.717, 1.165) is 13.0 Å². The minimum absolute atomic E-state index is 0.0927. The molecule has 0 amide bonds. The lowest BCUT2D eigenvalue weighted by Crippen LogP contribution is -2.40. The van der Waals surface area contributed by atoms with Crippen LogP contribution >= 0.6 is 11.8 Å². The fourth-order valence-corrected chi connectivity index (χ4v) is 3.15. The highest BCUT2D eigenvalue weighted by atomic mass is 32.2. The highest BCUT2D eigenvalue weighted by Gasteiger charge is 2.42. The molecule has 0 spiro atoms. The first-order valence-corrected chi connectivity index (χ1v) is 7.84. The van der Waals surface area contributed by atoms with Crippen molar-refractivity contribution < 1.29 is 22.3 Å². The van der Waals surface area contributed by atoms with Crippen LogP contribution in [0.25, 0.3) is 0 Å². The van der Waals surface area contributed by atoms with E-state index in [1.54, 1.807) is 0 Å². The SMILES string of the molecule is C[C@H](OC[C@@]1(c2cc(N)ccc2F)CCSC(N)=N1)C(F)(F)F. The first kappa shape index (κ1) is 17.9. The zero-order valence-corrected chi connectivity index (χ0v) is 13.2. The minimum Gasteiger partial charge on any atom is -0.399 e. The highest BCUT2D eigenvalue weighted by Crippen LogP contribution is 2.39. The molecule has 1 heterocycles. The molecule has 0 aliphatic carbocycles. The fraction of sp³-hybridized carbons (Fsp3) is 0.500. The number of alkyl halides is 3. The van der Waals surface area contributed by atoms with Gasteiger partial charge in [-0.25, -0.2) is 9.38 Å². The molecule has 1 aliphatic heterocycles. The summed E-state index contributed by atoms with van der Waals surface area (Å²) in [6, 6.07) is 3.90. The maximum absolute atomic E-state index is 14.2. The van der Waals surface area contributed by atoms with Crippen molar-refractivity contribution in [3.05, 3.63) is 29.6 Å². The summed E-state index contributed by atoms with van der Waals surface area (Å²) in [5, 5.41) is 0.182. The number of nitrogens with two attached hydrogens (primary N) is 2. The maximum Gasteiger partial charge on any atom is 0.414 e. The quantitative estimate of drug-likeness (QED) is 0.646. The van der Waals surface area contributed by atoms with Crippen molar-refractivity contribution in [2.24, 2.45) is 10.7 Å². The minimum atomic E-state index is -4.51. The first-order valence-electron chi connectivity index (χ1n) is 6.86. The Balaban J connectivity index is 2.38. The molecule has 23 heavy (non-hydrogen) atoms. The van der Waals surface area contributed by atoms with Gasteiger partial charge in [-0.2, -0.15) is 13.2 Å². The van der Waals surface area contributed by atoms with Gasteiger partial charge in [0, 0.05) is 17.0 Å².